The van der Waals surface area contributed by atoms with E-state index in [-0.39, 0.29) is 6.04 Å². The summed E-state index contributed by atoms with van der Waals surface area (Å²) in [5.74, 6) is 0. The highest BCUT2D eigenvalue weighted by Crippen LogP contribution is 2.24. The molecule has 0 radical (unpaired) electrons. The topological polar surface area (TPSA) is 48.7 Å². The number of hydrogen-bond acceptors (Lipinski definition) is 3. The average molecular weight is 302 g/mol. The van der Waals surface area contributed by atoms with Crippen molar-refractivity contribution in [2.75, 3.05) is 5.32 Å². The van der Waals surface area contributed by atoms with Gasteiger partial charge >= 0.3 is 0 Å². The predicted octanol–water partition coefficient (Wildman–Crippen LogP) is 3.89. The lowest BCUT2D eigenvalue weighted by Gasteiger charge is -2.15. The summed E-state index contributed by atoms with van der Waals surface area (Å²) in [4.78, 5) is 4.29. The maximum absolute atomic E-state index is 9.10. The van der Waals surface area contributed by atoms with Gasteiger partial charge in [0.15, 0.2) is 0 Å². The van der Waals surface area contributed by atoms with E-state index in [1.54, 1.807) is 12.3 Å². The first kappa shape index (κ1) is 12.6. The molecule has 0 fully saturated rings. The smallest absolute Gasteiger partial charge is 0.101 e. The summed E-state index contributed by atoms with van der Waals surface area (Å²) in [6.45, 7) is 2.02. The summed E-state index contributed by atoms with van der Waals surface area (Å²) in [6, 6.07) is 13.6. The zero-order valence-corrected chi connectivity index (χ0v) is 11.5. The number of anilines is 1. The van der Waals surface area contributed by atoms with E-state index < -0.39 is 0 Å². The third-order valence-electron chi connectivity index (χ3n) is 2.61. The van der Waals surface area contributed by atoms with Crippen molar-refractivity contribution in [1.82, 2.24) is 4.98 Å². The van der Waals surface area contributed by atoms with Crippen LogP contribution in [-0.2, 0) is 0 Å². The molecule has 1 N–H and O–H groups in total. The summed E-state index contributed by atoms with van der Waals surface area (Å²) in [5, 5.41) is 12.4. The molecule has 3 nitrogen and oxygen atoms in total. The van der Waals surface area contributed by atoms with Crippen LogP contribution in [0.15, 0.2) is 47.1 Å². The molecule has 18 heavy (non-hydrogen) atoms. The lowest BCUT2D eigenvalue weighted by molar-refractivity contribution is 0.839. The van der Waals surface area contributed by atoms with Gasteiger partial charge in [0.25, 0.3) is 0 Å². The fourth-order valence-corrected chi connectivity index (χ4v) is 2.04. The highest BCUT2D eigenvalue weighted by Gasteiger charge is 2.09. The van der Waals surface area contributed by atoms with E-state index in [1.165, 1.54) is 0 Å². The molecule has 0 saturated carbocycles. The SMILES string of the molecule is CC(Nc1ccc(Br)cc1C#N)c1ccccn1. The first-order chi connectivity index (χ1) is 8.70. The van der Waals surface area contributed by atoms with Crippen molar-refractivity contribution in [2.45, 2.75) is 13.0 Å². The van der Waals surface area contributed by atoms with Crippen LogP contribution in [0.3, 0.4) is 0 Å². The van der Waals surface area contributed by atoms with E-state index in [4.69, 9.17) is 5.26 Å². The Hall–Kier alpha value is -1.86. The van der Waals surface area contributed by atoms with Gasteiger partial charge in [-0.05, 0) is 37.3 Å². The second-order valence-electron chi connectivity index (χ2n) is 3.92. The normalized spacial score (nSPS) is 11.6. The first-order valence-corrected chi connectivity index (χ1v) is 6.37. The predicted molar refractivity (Wildman–Crippen MR) is 75.1 cm³/mol. The summed E-state index contributed by atoms with van der Waals surface area (Å²) in [6.07, 6.45) is 1.76. The van der Waals surface area contributed by atoms with Crippen LogP contribution in [0.4, 0.5) is 5.69 Å². The highest BCUT2D eigenvalue weighted by atomic mass is 79.9. The summed E-state index contributed by atoms with van der Waals surface area (Å²) in [7, 11) is 0. The van der Waals surface area contributed by atoms with Gasteiger partial charge in [0, 0.05) is 10.7 Å². The van der Waals surface area contributed by atoms with Crippen molar-refractivity contribution in [3.05, 3.63) is 58.3 Å². The first-order valence-electron chi connectivity index (χ1n) is 5.58. The third-order valence-corrected chi connectivity index (χ3v) is 3.10. The van der Waals surface area contributed by atoms with Crippen molar-refractivity contribution < 1.29 is 0 Å². The molecule has 1 atom stereocenters. The van der Waals surface area contributed by atoms with Gasteiger partial charge in [0.1, 0.15) is 6.07 Å². The molecule has 0 aliphatic heterocycles. The van der Waals surface area contributed by atoms with Crippen molar-refractivity contribution in [2.24, 2.45) is 0 Å². The molecular weight excluding hydrogens is 290 g/mol. The zero-order valence-electron chi connectivity index (χ0n) is 9.89. The molecule has 90 valence electrons. The van der Waals surface area contributed by atoms with Gasteiger partial charge in [0.2, 0.25) is 0 Å². The number of pyridine rings is 1. The van der Waals surface area contributed by atoms with E-state index in [0.717, 1.165) is 15.9 Å². The Kier molecular flexibility index (Phi) is 3.96. The van der Waals surface area contributed by atoms with E-state index in [9.17, 15) is 0 Å². The Morgan fingerprint density at radius 2 is 2.17 bits per heavy atom. The average Bonchev–Trinajstić information content (AvgIpc) is 2.41. The Morgan fingerprint density at radius 1 is 1.33 bits per heavy atom. The summed E-state index contributed by atoms with van der Waals surface area (Å²) < 4.78 is 0.898. The van der Waals surface area contributed by atoms with Crippen LogP contribution >= 0.6 is 15.9 Å². The Bertz CT molecular complexity index is 575. The van der Waals surface area contributed by atoms with Gasteiger partial charge in [-0.1, -0.05) is 22.0 Å². The van der Waals surface area contributed by atoms with Crippen LogP contribution in [0.5, 0.6) is 0 Å². The number of nitrogens with zero attached hydrogens (tertiary/aromatic N) is 2. The van der Waals surface area contributed by atoms with E-state index in [2.05, 4.69) is 32.3 Å². The number of nitriles is 1. The largest absolute Gasteiger partial charge is 0.376 e. The molecule has 0 aliphatic carbocycles. The van der Waals surface area contributed by atoms with Gasteiger partial charge in [-0.25, -0.2) is 0 Å². The van der Waals surface area contributed by atoms with Gasteiger partial charge in [-0.2, -0.15) is 5.26 Å². The van der Waals surface area contributed by atoms with Crippen LogP contribution < -0.4 is 5.32 Å². The number of aromatic nitrogens is 1. The minimum absolute atomic E-state index is 0.0551. The minimum Gasteiger partial charge on any atom is -0.376 e. The molecule has 0 bridgehead atoms. The van der Waals surface area contributed by atoms with E-state index >= 15 is 0 Å². The molecule has 1 aromatic carbocycles. The van der Waals surface area contributed by atoms with Crippen molar-refractivity contribution in [3.8, 4) is 6.07 Å². The van der Waals surface area contributed by atoms with Crippen molar-refractivity contribution in [3.63, 3.8) is 0 Å². The van der Waals surface area contributed by atoms with Gasteiger partial charge < -0.3 is 5.32 Å². The van der Waals surface area contributed by atoms with Crippen LogP contribution in [0.25, 0.3) is 0 Å². The Balaban J connectivity index is 2.22. The maximum atomic E-state index is 9.10. The Morgan fingerprint density at radius 3 is 2.83 bits per heavy atom. The van der Waals surface area contributed by atoms with Crippen LogP contribution in [0.2, 0.25) is 0 Å². The second kappa shape index (κ2) is 5.65. The quantitative estimate of drug-likeness (QED) is 0.935. The monoisotopic (exact) mass is 301 g/mol. The number of hydrogen-bond donors (Lipinski definition) is 1. The van der Waals surface area contributed by atoms with Crippen LogP contribution in [0, 0.1) is 11.3 Å². The van der Waals surface area contributed by atoms with Gasteiger partial charge in [-0.15, -0.1) is 0 Å². The number of rotatable bonds is 3. The zero-order chi connectivity index (χ0) is 13.0. The molecule has 2 rings (SSSR count). The van der Waals surface area contributed by atoms with Crippen molar-refractivity contribution >= 4 is 21.6 Å². The van der Waals surface area contributed by atoms with Crippen LogP contribution in [0.1, 0.15) is 24.2 Å². The number of benzene rings is 1. The number of nitrogens with one attached hydrogen (secondary N) is 1. The molecule has 1 aromatic heterocycles. The fourth-order valence-electron chi connectivity index (χ4n) is 1.67. The molecule has 0 aliphatic rings. The van der Waals surface area contributed by atoms with Crippen LogP contribution in [-0.4, -0.2) is 4.98 Å². The molecule has 0 amide bonds. The van der Waals surface area contributed by atoms with Crippen molar-refractivity contribution in [1.29, 1.82) is 5.26 Å². The molecule has 0 saturated heterocycles. The summed E-state index contributed by atoms with van der Waals surface area (Å²) in [5.41, 5.74) is 2.38. The van der Waals surface area contributed by atoms with E-state index in [0.29, 0.717) is 5.56 Å². The van der Waals surface area contributed by atoms with Gasteiger partial charge in [-0.3, -0.25) is 4.98 Å². The highest BCUT2D eigenvalue weighted by molar-refractivity contribution is 9.10. The molecule has 4 heteroatoms. The maximum Gasteiger partial charge on any atom is 0.101 e. The standard InChI is InChI=1S/C14H12BrN3/c1-10(13-4-2-3-7-17-13)18-14-6-5-12(15)8-11(14)9-16/h2-8,10,18H,1H3. The van der Waals surface area contributed by atoms with Gasteiger partial charge in [0.05, 0.1) is 23.0 Å². The molecule has 1 unspecified atom stereocenters. The molecular formula is C14H12BrN3. The lowest BCUT2D eigenvalue weighted by atomic mass is 10.1. The number of halogens is 1. The summed E-state index contributed by atoms with van der Waals surface area (Å²) >= 11 is 3.36. The lowest BCUT2D eigenvalue weighted by Crippen LogP contribution is -2.09. The molecule has 0 spiro atoms. The minimum atomic E-state index is 0.0551. The molecule has 1 heterocycles. The Labute approximate surface area is 115 Å². The van der Waals surface area contributed by atoms with E-state index in [1.807, 2.05) is 37.3 Å². The third kappa shape index (κ3) is 2.88. The second-order valence-corrected chi connectivity index (χ2v) is 4.84. The fraction of sp³-hybridized carbons (Fsp3) is 0.143. The molecule has 2 aromatic rings.